The van der Waals surface area contributed by atoms with E-state index in [1.807, 2.05) is 6.92 Å². The van der Waals surface area contributed by atoms with Crippen LogP contribution in [0.15, 0.2) is 17.2 Å². The molecule has 1 amide bonds. The largest absolute Gasteiger partial charge is 0.378 e. The highest BCUT2D eigenvalue weighted by Crippen LogP contribution is 2.31. The first-order valence-corrected chi connectivity index (χ1v) is 12.2. The molecule has 29 heavy (non-hydrogen) atoms. The van der Waals surface area contributed by atoms with E-state index in [0.29, 0.717) is 47.6 Å². The lowest BCUT2D eigenvalue weighted by molar-refractivity contribution is 0.0305. The van der Waals surface area contributed by atoms with Crippen molar-refractivity contribution in [1.82, 2.24) is 19.2 Å². The van der Waals surface area contributed by atoms with Gasteiger partial charge < -0.3 is 14.2 Å². The molecule has 0 bridgehead atoms. The second-order valence-electron chi connectivity index (χ2n) is 7.61. The van der Waals surface area contributed by atoms with Gasteiger partial charge in [0.25, 0.3) is 5.91 Å². The molecule has 2 aromatic rings. The summed E-state index contributed by atoms with van der Waals surface area (Å²) >= 11 is 1.31. The molecule has 8 nitrogen and oxygen atoms in total. The van der Waals surface area contributed by atoms with E-state index in [1.54, 1.807) is 28.8 Å². The maximum Gasteiger partial charge on any atom is 0.266 e. The summed E-state index contributed by atoms with van der Waals surface area (Å²) in [5, 5.41) is 0.643. The van der Waals surface area contributed by atoms with Gasteiger partial charge in [0.1, 0.15) is 14.8 Å². The predicted octanol–water partition coefficient (Wildman–Crippen LogP) is 2.15. The molecule has 1 saturated heterocycles. The number of aryl methyl sites for hydroxylation is 2. The second-order valence-corrected chi connectivity index (χ2v) is 10.3. The van der Waals surface area contributed by atoms with E-state index in [1.165, 1.54) is 11.3 Å². The van der Waals surface area contributed by atoms with Crippen LogP contribution >= 0.6 is 11.3 Å². The van der Waals surface area contributed by atoms with Gasteiger partial charge in [-0.15, -0.1) is 11.3 Å². The molecule has 0 radical (unpaired) electrons. The lowest BCUT2D eigenvalue weighted by Crippen LogP contribution is -2.40. The monoisotopic (exact) mass is 438 g/mol. The fourth-order valence-corrected chi connectivity index (χ4v) is 6.31. The smallest absolute Gasteiger partial charge is 0.266 e. The Balaban J connectivity index is 1.58. The molecule has 1 aliphatic heterocycles. The summed E-state index contributed by atoms with van der Waals surface area (Å²) in [5.41, 5.74) is 1.35. The molecule has 2 aliphatic rings. The molecule has 2 fully saturated rings. The van der Waals surface area contributed by atoms with E-state index in [2.05, 4.69) is 9.71 Å². The van der Waals surface area contributed by atoms with Gasteiger partial charge in [-0.05, 0) is 25.8 Å². The Bertz CT molecular complexity index is 1000. The first-order chi connectivity index (χ1) is 13.8. The summed E-state index contributed by atoms with van der Waals surface area (Å²) in [7, 11) is -1.78. The molecule has 2 aromatic heterocycles. The van der Waals surface area contributed by atoms with Gasteiger partial charge in [0, 0.05) is 32.4 Å². The van der Waals surface area contributed by atoms with Crippen LogP contribution in [0.3, 0.4) is 0 Å². The molecule has 10 heteroatoms. The maximum atomic E-state index is 12.8. The molecule has 0 aromatic carbocycles. The Morgan fingerprint density at radius 3 is 2.66 bits per heavy atom. The number of aromatic nitrogens is 2. The number of hydrogen-bond acceptors (Lipinski definition) is 6. The number of carbonyl (C=O) groups is 1. The quantitative estimate of drug-likeness (QED) is 0.772. The second kappa shape index (κ2) is 8.17. The average Bonchev–Trinajstić information content (AvgIpc) is 3.42. The van der Waals surface area contributed by atoms with Crippen LogP contribution in [0, 0.1) is 6.92 Å². The Morgan fingerprint density at radius 1 is 1.28 bits per heavy atom. The van der Waals surface area contributed by atoms with E-state index < -0.39 is 10.0 Å². The number of sulfonamides is 1. The van der Waals surface area contributed by atoms with Crippen molar-refractivity contribution >= 4 is 27.3 Å². The summed E-state index contributed by atoms with van der Waals surface area (Å²) in [6.07, 6.45) is 5.50. The number of ether oxygens (including phenoxy) is 1. The van der Waals surface area contributed by atoms with Gasteiger partial charge in [-0.25, -0.2) is 18.1 Å². The Labute approximate surface area is 174 Å². The van der Waals surface area contributed by atoms with Crippen molar-refractivity contribution in [2.75, 3.05) is 26.3 Å². The number of morpholine rings is 1. The van der Waals surface area contributed by atoms with Gasteiger partial charge in [0.2, 0.25) is 10.0 Å². The molecule has 1 N–H and O–H groups in total. The Kier molecular flexibility index (Phi) is 5.78. The topological polar surface area (TPSA) is 93.5 Å². The summed E-state index contributed by atoms with van der Waals surface area (Å²) in [6.45, 7) is 4.05. The molecular formula is C19H26N4O4S2. The molecule has 3 heterocycles. The van der Waals surface area contributed by atoms with Crippen molar-refractivity contribution < 1.29 is 17.9 Å². The van der Waals surface area contributed by atoms with Crippen molar-refractivity contribution in [3.05, 3.63) is 22.8 Å². The number of rotatable bonds is 5. The lowest BCUT2D eigenvalue weighted by atomic mass is 10.3. The summed E-state index contributed by atoms with van der Waals surface area (Å²) in [4.78, 5) is 20.0. The third-order valence-corrected chi connectivity index (χ3v) is 8.13. The zero-order chi connectivity index (χ0) is 20.6. The van der Waals surface area contributed by atoms with Crippen molar-refractivity contribution in [3.63, 3.8) is 0 Å². The van der Waals surface area contributed by atoms with Crippen molar-refractivity contribution in [2.24, 2.45) is 7.05 Å². The number of carbonyl (C=O) groups excluding carboxylic acids is 1. The first kappa shape index (κ1) is 20.5. The molecule has 1 aliphatic carbocycles. The summed E-state index contributed by atoms with van der Waals surface area (Å²) < 4.78 is 35.4. The molecule has 1 saturated carbocycles. The normalized spacial score (nSPS) is 18.5. The van der Waals surface area contributed by atoms with Gasteiger partial charge in [-0.2, -0.15) is 0 Å². The average molecular weight is 439 g/mol. The van der Waals surface area contributed by atoms with E-state index in [9.17, 15) is 13.2 Å². The summed E-state index contributed by atoms with van der Waals surface area (Å²) in [6, 6.07) is 1.65. The van der Waals surface area contributed by atoms with E-state index in [0.717, 1.165) is 25.7 Å². The van der Waals surface area contributed by atoms with Crippen LogP contribution in [0.2, 0.25) is 0 Å². The van der Waals surface area contributed by atoms with Crippen LogP contribution in [-0.2, 0) is 21.8 Å². The minimum Gasteiger partial charge on any atom is -0.378 e. The van der Waals surface area contributed by atoms with Gasteiger partial charge in [-0.1, -0.05) is 12.8 Å². The zero-order valence-electron chi connectivity index (χ0n) is 16.7. The fourth-order valence-electron chi connectivity index (χ4n) is 3.84. The molecule has 4 rings (SSSR count). The van der Waals surface area contributed by atoms with Crippen LogP contribution in [0.25, 0.3) is 10.7 Å². The number of nitrogens with zero attached hydrogens (tertiary/aromatic N) is 3. The third kappa shape index (κ3) is 4.25. The molecule has 0 atom stereocenters. The van der Waals surface area contributed by atoms with E-state index in [4.69, 9.17) is 4.74 Å². The maximum absolute atomic E-state index is 12.8. The van der Waals surface area contributed by atoms with Crippen LogP contribution < -0.4 is 4.72 Å². The number of hydrogen-bond donors (Lipinski definition) is 1. The highest BCUT2D eigenvalue weighted by molar-refractivity contribution is 7.89. The summed E-state index contributed by atoms with van der Waals surface area (Å²) in [5.74, 6) is -0.0421. The molecule has 158 valence electrons. The van der Waals surface area contributed by atoms with E-state index >= 15 is 0 Å². The van der Waals surface area contributed by atoms with Crippen LogP contribution in [-0.4, -0.2) is 61.1 Å². The fraction of sp³-hybridized carbons (Fsp3) is 0.579. The Morgan fingerprint density at radius 2 is 1.97 bits per heavy atom. The minimum atomic E-state index is -3.57. The van der Waals surface area contributed by atoms with Gasteiger partial charge in [0.05, 0.1) is 24.6 Å². The van der Waals surface area contributed by atoms with Gasteiger partial charge in [0.15, 0.2) is 0 Å². The van der Waals surface area contributed by atoms with Gasteiger partial charge >= 0.3 is 0 Å². The number of thiazole rings is 1. The highest BCUT2D eigenvalue weighted by atomic mass is 32.2. The molecule has 0 unspecified atom stereocenters. The Hall–Kier alpha value is -1.75. The standard InChI is InChI=1S/C19H26N4O4S2/c1-13-17(19(24)23-7-9-27-10-8-23)28-18(20-13)16-11-15(12-22(16)2)29(25,26)21-14-5-3-4-6-14/h11-12,14,21H,3-10H2,1-2H3. The molecular weight excluding hydrogens is 412 g/mol. The minimum absolute atomic E-state index is 0.0171. The van der Waals surface area contributed by atoms with Gasteiger partial charge in [-0.3, -0.25) is 4.79 Å². The molecule has 0 spiro atoms. The lowest BCUT2D eigenvalue weighted by Gasteiger charge is -2.26. The zero-order valence-corrected chi connectivity index (χ0v) is 18.3. The highest BCUT2D eigenvalue weighted by Gasteiger charge is 2.27. The van der Waals surface area contributed by atoms with Crippen molar-refractivity contribution in [3.8, 4) is 10.7 Å². The third-order valence-electron chi connectivity index (χ3n) is 5.48. The first-order valence-electron chi connectivity index (χ1n) is 9.88. The van der Waals surface area contributed by atoms with Crippen LogP contribution in [0.1, 0.15) is 41.0 Å². The number of nitrogens with one attached hydrogen (secondary N) is 1. The van der Waals surface area contributed by atoms with E-state index in [-0.39, 0.29) is 16.8 Å². The van der Waals surface area contributed by atoms with Crippen LogP contribution in [0.4, 0.5) is 0 Å². The van der Waals surface area contributed by atoms with Crippen molar-refractivity contribution in [2.45, 2.75) is 43.5 Å². The SMILES string of the molecule is Cc1nc(-c2cc(S(=O)(=O)NC3CCCC3)cn2C)sc1C(=O)N1CCOCC1. The van der Waals surface area contributed by atoms with Crippen LogP contribution in [0.5, 0.6) is 0 Å². The predicted molar refractivity (Wildman–Crippen MR) is 111 cm³/mol. The van der Waals surface area contributed by atoms with Crippen molar-refractivity contribution in [1.29, 1.82) is 0 Å². The number of amides is 1.